The van der Waals surface area contributed by atoms with Gasteiger partial charge in [-0.1, -0.05) is 13.0 Å². The molecule has 1 aliphatic heterocycles. The topological polar surface area (TPSA) is 67.6 Å². The first-order valence-electron chi connectivity index (χ1n) is 10.0. The number of rotatable bonds is 6. The van der Waals surface area contributed by atoms with Crippen LogP contribution in [0.4, 0.5) is 13.2 Å². The van der Waals surface area contributed by atoms with Crippen molar-refractivity contribution in [1.82, 2.24) is 24.8 Å². The first-order valence-corrected chi connectivity index (χ1v) is 10.0. The van der Waals surface area contributed by atoms with Crippen molar-refractivity contribution in [2.75, 3.05) is 26.2 Å². The third kappa shape index (κ3) is 6.11. The Labute approximate surface area is 174 Å². The Bertz CT molecular complexity index is 807. The molecule has 1 saturated heterocycles. The number of ether oxygens (including phenoxy) is 1. The van der Waals surface area contributed by atoms with E-state index < -0.39 is 12.8 Å². The number of guanidine groups is 1. The third-order valence-electron chi connectivity index (χ3n) is 5.05. The maximum absolute atomic E-state index is 12.2. The van der Waals surface area contributed by atoms with Crippen LogP contribution in [0, 0.1) is 5.92 Å². The number of imidazole rings is 1. The lowest BCUT2D eigenvalue weighted by atomic mass is 9.93. The van der Waals surface area contributed by atoms with E-state index in [1.54, 1.807) is 12.3 Å². The fraction of sp³-hybridized carbons (Fsp3) is 0.550. The first-order chi connectivity index (χ1) is 14.4. The molecule has 164 valence electrons. The SMILES string of the molecule is CCNC(=NCc1ccc(OCC(F)(F)F)nc1)N1CCC(C)C(n2ccnc2)C1. The fourth-order valence-electron chi connectivity index (χ4n) is 3.43. The molecule has 1 aliphatic rings. The summed E-state index contributed by atoms with van der Waals surface area (Å²) in [6.07, 6.45) is 3.78. The number of hydrogen-bond acceptors (Lipinski definition) is 4. The van der Waals surface area contributed by atoms with Crippen molar-refractivity contribution in [3.8, 4) is 5.88 Å². The Kier molecular flexibility index (Phi) is 7.17. The molecule has 2 aromatic rings. The summed E-state index contributed by atoms with van der Waals surface area (Å²) < 4.78 is 43.5. The van der Waals surface area contributed by atoms with Gasteiger partial charge in [0, 0.05) is 44.3 Å². The molecule has 1 fully saturated rings. The number of pyridine rings is 1. The van der Waals surface area contributed by atoms with Gasteiger partial charge in [0.25, 0.3) is 0 Å². The van der Waals surface area contributed by atoms with Crippen molar-refractivity contribution in [1.29, 1.82) is 0 Å². The summed E-state index contributed by atoms with van der Waals surface area (Å²) in [5, 5.41) is 3.33. The van der Waals surface area contributed by atoms with Gasteiger partial charge in [0.15, 0.2) is 12.6 Å². The minimum Gasteiger partial charge on any atom is -0.468 e. The van der Waals surface area contributed by atoms with Crippen molar-refractivity contribution in [2.45, 2.75) is 39.0 Å². The van der Waals surface area contributed by atoms with E-state index in [-0.39, 0.29) is 5.88 Å². The number of alkyl halides is 3. The second-order valence-electron chi connectivity index (χ2n) is 7.37. The zero-order valence-electron chi connectivity index (χ0n) is 17.1. The number of nitrogens with zero attached hydrogens (tertiary/aromatic N) is 5. The van der Waals surface area contributed by atoms with E-state index in [2.05, 4.69) is 36.4 Å². The second-order valence-corrected chi connectivity index (χ2v) is 7.37. The van der Waals surface area contributed by atoms with Crippen LogP contribution in [0.1, 0.15) is 31.9 Å². The number of hydrogen-bond donors (Lipinski definition) is 1. The summed E-state index contributed by atoms with van der Waals surface area (Å²) in [5.41, 5.74) is 0.793. The van der Waals surface area contributed by atoms with E-state index in [1.807, 2.05) is 19.4 Å². The molecule has 1 N–H and O–H groups in total. The van der Waals surface area contributed by atoms with Gasteiger partial charge < -0.3 is 19.5 Å². The van der Waals surface area contributed by atoms with Crippen molar-refractivity contribution in [3.05, 3.63) is 42.6 Å². The predicted molar refractivity (Wildman–Crippen MR) is 107 cm³/mol. The average Bonchev–Trinajstić information content (AvgIpc) is 3.25. The average molecular weight is 424 g/mol. The summed E-state index contributed by atoms with van der Waals surface area (Å²) >= 11 is 0. The van der Waals surface area contributed by atoms with Gasteiger partial charge in [0.1, 0.15) is 0 Å². The van der Waals surface area contributed by atoms with Gasteiger partial charge in [0.2, 0.25) is 5.88 Å². The van der Waals surface area contributed by atoms with Crippen LogP contribution in [-0.4, -0.2) is 57.8 Å². The van der Waals surface area contributed by atoms with E-state index in [0.717, 1.165) is 37.6 Å². The quantitative estimate of drug-likeness (QED) is 0.570. The van der Waals surface area contributed by atoms with Crippen LogP contribution in [-0.2, 0) is 6.54 Å². The minimum absolute atomic E-state index is 0.0554. The Morgan fingerprint density at radius 2 is 2.20 bits per heavy atom. The Morgan fingerprint density at radius 3 is 2.83 bits per heavy atom. The molecule has 0 aromatic carbocycles. The molecular weight excluding hydrogens is 397 g/mol. The van der Waals surface area contributed by atoms with E-state index >= 15 is 0 Å². The Morgan fingerprint density at radius 1 is 1.37 bits per heavy atom. The van der Waals surface area contributed by atoms with Gasteiger partial charge in [0.05, 0.1) is 18.9 Å². The largest absolute Gasteiger partial charge is 0.468 e. The molecule has 0 bridgehead atoms. The maximum Gasteiger partial charge on any atom is 0.422 e. The number of nitrogens with one attached hydrogen (secondary N) is 1. The monoisotopic (exact) mass is 424 g/mol. The second kappa shape index (κ2) is 9.82. The predicted octanol–water partition coefficient (Wildman–Crippen LogP) is 3.27. The lowest BCUT2D eigenvalue weighted by Gasteiger charge is -2.39. The van der Waals surface area contributed by atoms with E-state index in [0.29, 0.717) is 18.5 Å². The Hall–Kier alpha value is -2.78. The molecule has 0 amide bonds. The lowest BCUT2D eigenvalue weighted by molar-refractivity contribution is -0.154. The highest BCUT2D eigenvalue weighted by Gasteiger charge is 2.29. The van der Waals surface area contributed by atoms with Crippen LogP contribution in [0.3, 0.4) is 0 Å². The molecule has 2 atom stereocenters. The highest BCUT2D eigenvalue weighted by Crippen LogP contribution is 2.27. The number of likely N-dealkylation sites (tertiary alicyclic amines) is 1. The highest BCUT2D eigenvalue weighted by atomic mass is 19.4. The van der Waals surface area contributed by atoms with Crippen LogP contribution in [0.15, 0.2) is 42.0 Å². The van der Waals surface area contributed by atoms with E-state index in [4.69, 9.17) is 4.99 Å². The molecule has 0 spiro atoms. The number of aliphatic imine (C=N–C) groups is 1. The first kappa shape index (κ1) is 21.9. The van der Waals surface area contributed by atoms with Gasteiger partial charge in [-0.05, 0) is 24.8 Å². The van der Waals surface area contributed by atoms with Gasteiger partial charge >= 0.3 is 6.18 Å². The number of aromatic nitrogens is 3. The molecular formula is C20H27F3N6O. The smallest absolute Gasteiger partial charge is 0.422 e. The molecule has 3 heterocycles. The van der Waals surface area contributed by atoms with Gasteiger partial charge in [-0.25, -0.2) is 15.0 Å². The summed E-state index contributed by atoms with van der Waals surface area (Å²) in [7, 11) is 0. The van der Waals surface area contributed by atoms with Crippen molar-refractivity contribution >= 4 is 5.96 Å². The summed E-state index contributed by atoms with van der Waals surface area (Å²) in [6.45, 7) is 5.75. The lowest BCUT2D eigenvalue weighted by Crippen LogP contribution is -2.49. The molecule has 10 heteroatoms. The summed E-state index contributed by atoms with van der Waals surface area (Å²) in [6, 6.07) is 3.43. The molecule has 2 aromatic heterocycles. The molecule has 0 saturated carbocycles. The molecule has 3 rings (SSSR count). The van der Waals surface area contributed by atoms with Crippen LogP contribution in [0.2, 0.25) is 0 Å². The molecule has 30 heavy (non-hydrogen) atoms. The van der Waals surface area contributed by atoms with Gasteiger partial charge in [-0.3, -0.25) is 0 Å². The molecule has 0 aliphatic carbocycles. The zero-order chi connectivity index (χ0) is 21.6. The number of halogens is 3. The standard InChI is InChI=1S/C20H27F3N6O/c1-3-25-19(28-8-6-15(2)17(12-28)29-9-7-24-14-29)27-11-16-4-5-18(26-10-16)30-13-20(21,22)23/h4-5,7,9-10,14-15,17H,3,6,8,11-13H2,1-2H3,(H,25,27). The Balaban J connectivity index is 1.64. The highest BCUT2D eigenvalue weighted by molar-refractivity contribution is 5.80. The normalized spacial score (nSPS) is 20.3. The maximum atomic E-state index is 12.2. The molecule has 0 radical (unpaired) electrons. The van der Waals surface area contributed by atoms with E-state index in [1.165, 1.54) is 12.3 Å². The van der Waals surface area contributed by atoms with Crippen LogP contribution >= 0.6 is 0 Å². The van der Waals surface area contributed by atoms with Crippen LogP contribution < -0.4 is 10.1 Å². The molecule has 2 unspecified atom stereocenters. The fourth-order valence-corrected chi connectivity index (χ4v) is 3.43. The molecule has 7 nitrogen and oxygen atoms in total. The van der Waals surface area contributed by atoms with Gasteiger partial charge in [-0.15, -0.1) is 0 Å². The van der Waals surface area contributed by atoms with Gasteiger partial charge in [-0.2, -0.15) is 13.2 Å². The van der Waals surface area contributed by atoms with Crippen LogP contribution in [0.5, 0.6) is 5.88 Å². The van der Waals surface area contributed by atoms with E-state index in [9.17, 15) is 13.2 Å². The van der Waals surface area contributed by atoms with Crippen molar-refractivity contribution in [2.24, 2.45) is 10.9 Å². The van der Waals surface area contributed by atoms with Crippen molar-refractivity contribution < 1.29 is 17.9 Å². The number of piperidine rings is 1. The van der Waals surface area contributed by atoms with Crippen molar-refractivity contribution in [3.63, 3.8) is 0 Å². The summed E-state index contributed by atoms with van der Waals surface area (Å²) in [5.74, 6) is 1.29. The van der Waals surface area contributed by atoms with Crippen LogP contribution in [0.25, 0.3) is 0 Å². The minimum atomic E-state index is -4.38. The zero-order valence-corrected chi connectivity index (χ0v) is 17.1. The summed E-state index contributed by atoms with van der Waals surface area (Å²) in [4.78, 5) is 15.1. The third-order valence-corrected chi connectivity index (χ3v) is 5.05.